The van der Waals surface area contributed by atoms with E-state index in [2.05, 4.69) is 0 Å². The Balaban J connectivity index is 2.08. The van der Waals surface area contributed by atoms with Gasteiger partial charge in [0.2, 0.25) is 0 Å². The highest BCUT2D eigenvalue weighted by Gasteiger charge is 2.57. The van der Waals surface area contributed by atoms with Crippen LogP contribution in [0, 0.1) is 12.8 Å². The molecule has 1 aromatic carbocycles. The Bertz CT molecular complexity index is 667. The first kappa shape index (κ1) is 15.2. The van der Waals surface area contributed by atoms with Crippen molar-refractivity contribution in [3.05, 3.63) is 29.3 Å². The molecule has 1 amide bonds. The highest BCUT2D eigenvalue weighted by Crippen LogP contribution is 2.46. The number of aryl methyl sites for hydroxylation is 1. The van der Waals surface area contributed by atoms with Gasteiger partial charge in [-0.15, -0.1) is 0 Å². The molecule has 0 aromatic heterocycles. The fourth-order valence-electron chi connectivity index (χ4n) is 3.41. The maximum Gasteiger partial charge on any atom is 0.264 e. The summed E-state index contributed by atoms with van der Waals surface area (Å²) in [6, 6.07) is 5.47. The van der Waals surface area contributed by atoms with Crippen LogP contribution in [-0.2, 0) is 19.9 Å². The van der Waals surface area contributed by atoms with E-state index in [1.807, 2.05) is 26.8 Å². The van der Waals surface area contributed by atoms with E-state index in [9.17, 15) is 14.7 Å². The summed E-state index contributed by atoms with van der Waals surface area (Å²) >= 11 is 0. The Morgan fingerprint density at radius 3 is 2.64 bits per heavy atom. The van der Waals surface area contributed by atoms with E-state index < -0.39 is 23.0 Å². The van der Waals surface area contributed by atoms with Crippen molar-refractivity contribution in [3.8, 4) is 0 Å². The number of ether oxygens (including phenoxy) is 1. The minimum Gasteiger partial charge on any atom is -0.375 e. The quantitative estimate of drug-likeness (QED) is 0.854. The van der Waals surface area contributed by atoms with Crippen molar-refractivity contribution in [1.82, 2.24) is 0 Å². The standard InChI is InChI=1S/C17H21NO4/c1-10-5-6-13-11(7-10)17(21,15(20)18(13)4)12-9-22-16(2,3)8-14(12)19/h5-7,12,21H,8-9H2,1-4H3/t12-,17+/m1/s1. The lowest BCUT2D eigenvalue weighted by atomic mass is 9.75. The molecule has 22 heavy (non-hydrogen) atoms. The molecule has 0 bridgehead atoms. The number of benzene rings is 1. The van der Waals surface area contributed by atoms with Crippen molar-refractivity contribution in [3.63, 3.8) is 0 Å². The van der Waals surface area contributed by atoms with Crippen molar-refractivity contribution in [2.24, 2.45) is 5.92 Å². The molecule has 2 aliphatic heterocycles. The topological polar surface area (TPSA) is 66.8 Å². The smallest absolute Gasteiger partial charge is 0.264 e. The minimum absolute atomic E-state index is 0.0509. The first-order valence-electron chi connectivity index (χ1n) is 7.45. The molecule has 0 radical (unpaired) electrons. The largest absolute Gasteiger partial charge is 0.375 e. The summed E-state index contributed by atoms with van der Waals surface area (Å²) in [7, 11) is 1.62. The van der Waals surface area contributed by atoms with Gasteiger partial charge in [0.05, 0.1) is 23.8 Å². The van der Waals surface area contributed by atoms with Crippen LogP contribution in [0.2, 0.25) is 0 Å². The van der Waals surface area contributed by atoms with Gasteiger partial charge in [0.25, 0.3) is 5.91 Å². The highest BCUT2D eigenvalue weighted by molar-refractivity contribution is 6.09. The number of rotatable bonds is 1. The van der Waals surface area contributed by atoms with Gasteiger partial charge in [-0.05, 0) is 26.8 Å². The molecular weight excluding hydrogens is 282 g/mol. The second-order valence-electron chi connectivity index (χ2n) is 6.92. The minimum atomic E-state index is -1.83. The molecular formula is C17H21NO4. The van der Waals surface area contributed by atoms with Crippen LogP contribution in [0.1, 0.15) is 31.4 Å². The van der Waals surface area contributed by atoms with E-state index in [-0.39, 0.29) is 18.8 Å². The van der Waals surface area contributed by atoms with E-state index in [1.54, 1.807) is 19.2 Å². The van der Waals surface area contributed by atoms with Gasteiger partial charge >= 0.3 is 0 Å². The van der Waals surface area contributed by atoms with Gasteiger partial charge in [0.15, 0.2) is 5.60 Å². The zero-order chi connectivity index (χ0) is 16.3. The molecule has 5 heteroatoms. The number of anilines is 1. The van der Waals surface area contributed by atoms with E-state index in [4.69, 9.17) is 4.74 Å². The lowest BCUT2D eigenvalue weighted by Gasteiger charge is -2.39. The van der Waals surface area contributed by atoms with Crippen molar-refractivity contribution < 1.29 is 19.4 Å². The Labute approximate surface area is 129 Å². The lowest BCUT2D eigenvalue weighted by Crippen LogP contribution is -2.54. The van der Waals surface area contributed by atoms with Crippen LogP contribution in [0.25, 0.3) is 0 Å². The zero-order valence-electron chi connectivity index (χ0n) is 13.3. The van der Waals surface area contributed by atoms with Gasteiger partial charge in [-0.3, -0.25) is 9.59 Å². The molecule has 0 spiro atoms. The second-order valence-corrected chi connectivity index (χ2v) is 6.92. The van der Waals surface area contributed by atoms with Gasteiger partial charge in [-0.2, -0.15) is 0 Å². The van der Waals surface area contributed by atoms with Gasteiger partial charge < -0.3 is 14.7 Å². The molecule has 3 rings (SSSR count). The van der Waals surface area contributed by atoms with Crippen LogP contribution in [-0.4, -0.2) is 36.1 Å². The summed E-state index contributed by atoms with van der Waals surface area (Å²) in [4.78, 5) is 26.6. The van der Waals surface area contributed by atoms with E-state index in [0.29, 0.717) is 11.3 Å². The van der Waals surface area contributed by atoms with Crippen molar-refractivity contribution in [2.45, 2.75) is 38.4 Å². The molecule has 1 aromatic rings. The number of aliphatic hydroxyl groups is 1. The van der Waals surface area contributed by atoms with Crippen molar-refractivity contribution >= 4 is 17.4 Å². The summed E-state index contributed by atoms with van der Waals surface area (Å²) in [6.45, 7) is 5.62. The molecule has 0 aliphatic carbocycles. The molecule has 2 atom stereocenters. The molecule has 118 valence electrons. The summed E-state index contributed by atoms with van der Waals surface area (Å²) in [5, 5.41) is 11.2. The first-order chi connectivity index (χ1) is 10.2. The van der Waals surface area contributed by atoms with E-state index in [1.165, 1.54) is 4.90 Å². The van der Waals surface area contributed by atoms with Gasteiger partial charge in [0, 0.05) is 19.0 Å². The van der Waals surface area contributed by atoms with Gasteiger partial charge in [0.1, 0.15) is 5.78 Å². The second kappa shape index (κ2) is 4.64. The highest BCUT2D eigenvalue weighted by atomic mass is 16.5. The van der Waals surface area contributed by atoms with Crippen LogP contribution in [0.3, 0.4) is 0 Å². The van der Waals surface area contributed by atoms with Crippen molar-refractivity contribution in [1.29, 1.82) is 0 Å². The summed E-state index contributed by atoms with van der Waals surface area (Å²) in [6.07, 6.45) is 0.193. The van der Waals surface area contributed by atoms with Crippen LogP contribution in [0.4, 0.5) is 5.69 Å². The molecule has 1 saturated heterocycles. The zero-order valence-corrected chi connectivity index (χ0v) is 13.3. The molecule has 1 fully saturated rings. The average Bonchev–Trinajstić information content (AvgIpc) is 2.60. The van der Waals surface area contributed by atoms with Gasteiger partial charge in [-0.1, -0.05) is 17.7 Å². The molecule has 0 unspecified atom stereocenters. The number of Topliss-reactive ketones (excluding diaryl/α,β-unsaturated/α-hetero) is 1. The van der Waals surface area contributed by atoms with Crippen LogP contribution in [0.5, 0.6) is 0 Å². The number of hydrogen-bond donors (Lipinski definition) is 1. The third-order valence-corrected chi connectivity index (χ3v) is 4.69. The SMILES string of the molecule is Cc1ccc2c(c1)[C@](O)([C@@H]1COC(C)(C)CC1=O)C(=O)N2C. The molecule has 2 aliphatic rings. The molecule has 1 N–H and O–H groups in total. The van der Waals surface area contributed by atoms with Crippen LogP contribution >= 0.6 is 0 Å². The number of carbonyl (C=O) groups is 2. The molecule has 2 heterocycles. The maximum absolute atomic E-state index is 12.7. The normalized spacial score (nSPS) is 30.6. The number of amides is 1. The Morgan fingerprint density at radius 1 is 1.32 bits per heavy atom. The molecule has 5 nitrogen and oxygen atoms in total. The van der Waals surface area contributed by atoms with E-state index >= 15 is 0 Å². The maximum atomic E-state index is 12.7. The van der Waals surface area contributed by atoms with E-state index in [0.717, 1.165) is 5.56 Å². The number of likely N-dealkylation sites (N-methyl/N-ethyl adjacent to an activating group) is 1. The summed E-state index contributed by atoms with van der Waals surface area (Å²) < 4.78 is 5.70. The van der Waals surface area contributed by atoms with Crippen LogP contribution < -0.4 is 4.90 Å². The van der Waals surface area contributed by atoms with Crippen molar-refractivity contribution in [2.75, 3.05) is 18.6 Å². The summed E-state index contributed by atoms with van der Waals surface area (Å²) in [5.74, 6) is -1.46. The fraction of sp³-hybridized carbons (Fsp3) is 0.529. The lowest BCUT2D eigenvalue weighted by molar-refractivity contribution is -0.172. The monoisotopic (exact) mass is 303 g/mol. The Kier molecular flexibility index (Phi) is 3.20. The number of ketones is 1. The number of nitrogens with zero attached hydrogens (tertiary/aromatic N) is 1. The predicted molar refractivity (Wildman–Crippen MR) is 81.6 cm³/mol. The third kappa shape index (κ3) is 2.00. The predicted octanol–water partition coefficient (Wildman–Crippen LogP) is 1.54. The Hall–Kier alpha value is -1.72. The first-order valence-corrected chi connectivity index (χ1v) is 7.45. The average molecular weight is 303 g/mol. The summed E-state index contributed by atoms with van der Waals surface area (Å²) in [5.41, 5.74) is -0.293. The number of hydrogen-bond acceptors (Lipinski definition) is 4. The number of fused-ring (bicyclic) bond motifs is 1. The molecule has 0 saturated carbocycles. The fourth-order valence-corrected chi connectivity index (χ4v) is 3.41. The Morgan fingerprint density at radius 2 is 2.00 bits per heavy atom. The van der Waals surface area contributed by atoms with Crippen LogP contribution in [0.15, 0.2) is 18.2 Å². The third-order valence-electron chi connectivity index (χ3n) is 4.69. The number of carbonyl (C=O) groups excluding carboxylic acids is 2. The van der Waals surface area contributed by atoms with Gasteiger partial charge in [-0.25, -0.2) is 0 Å².